The van der Waals surface area contributed by atoms with E-state index in [1.165, 1.54) is 0 Å². The molecular formula is C24H28ClN5O2. The van der Waals surface area contributed by atoms with Crippen LogP contribution in [0.2, 0.25) is 5.02 Å². The molecule has 8 heteroatoms. The zero-order valence-corrected chi connectivity index (χ0v) is 19.1. The Balaban J connectivity index is 1.27. The minimum absolute atomic E-state index is 0.00193. The van der Waals surface area contributed by atoms with Crippen molar-refractivity contribution in [1.29, 1.82) is 0 Å². The molecule has 0 aliphatic heterocycles. The van der Waals surface area contributed by atoms with Gasteiger partial charge in [0.2, 0.25) is 5.95 Å². The maximum absolute atomic E-state index is 12.2. The van der Waals surface area contributed by atoms with Crippen LogP contribution in [0.1, 0.15) is 25.7 Å². The van der Waals surface area contributed by atoms with Gasteiger partial charge in [0.05, 0.1) is 5.52 Å². The number of nitrogens with zero attached hydrogens (tertiary/aromatic N) is 3. The molecule has 0 atom stereocenters. The number of ether oxygens (including phenoxy) is 1. The minimum atomic E-state index is -0.107. The normalized spacial score (nSPS) is 18.2. The summed E-state index contributed by atoms with van der Waals surface area (Å²) in [6.45, 7) is -0.00193. The van der Waals surface area contributed by atoms with Crippen LogP contribution in [0.25, 0.3) is 10.9 Å². The van der Waals surface area contributed by atoms with Crippen LogP contribution in [0, 0.1) is 0 Å². The third kappa shape index (κ3) is 5.59. The van der Waals surface area contributed by atoms with Gasteiger partial charge in [-0.1, -0.05) is 23.7 Å². The summed E-state index contributed by atoms with van der Waals surface area (Å²) in [6, 6.07) is 15.5. The lowest BCUT2D eigenvalue weighted by molar-refractivity contribution is -0.124. The Morgan fingerprint density at radius 1 is 1.03 bits per heavy atom. The largest absolute Gasteiger partial charge is 0.484 e. The van der Waals surface area contributed by atoms with Gasteiger partial charge in [0.25, 0.3) is 5.91 Å². The van der Waals surface area contributed by atoms with E-state index in [1.807, 2.05) is 43.3 Å². The molecule has 0 spiro atoms. The number of amides is 1. The van der Waals surface area contributed by atoms with Crippen LogP contribution in [0.15, 0.2) is 48.5 Å². The topological polar surface area (TPSA) is 79.4 Å². The number of anilines is 2. The number of hydrogen-bond donors (Lipinski definition) is 2. The average Bonchev–Trinajstić information content (AvgIpc) is 2.79. The first-order valence-electron chi connectivity index (χ1n) is 10.9. The van der Waals surface area contributed by atoms with Crippen molar-refractivity contribution in [3.05, 3.63) is 53.6 Å². The number of fused-ring (bicyclic) bond motifs is 1. The summed E-state index contributed by atoms with van der Waals surface area (Å²) in [5, 5.41) is 8.25. The highest BCUT2D eigenvalue weighted by atomic mass is 35.5. The van der Waals surface area contributed by atoms with Gasteiger partial charge in [-0.25, -0.2) is 4.98 Å². The van der Waals surface area contributed by atoms with E-state index in [2.05, 4.69) is 10.6 Å². The number of nitrogens with one attached hydrogen (secondary N) is 2. The van der Waals surface area contributed by atoms with Crippen molar-refractivity contribution < 1.29 is 9.53 Å². The van der Waals surface area contributed by atoms with Crippen LogP contribution < -0.4 is 20.3 Å². The molecule has 1 aliphatic rings. The second-order valence-electron chi connectivity index (χ2n) is 8.29. The fourth-order valence-corrected chi connectivity index (χ4v) is 4.10. The molecular weight excluding hydrogens is 426 g/mol. The first kappa shape index (κ1) is 22.1. The van der Waals surface area contributed by atoms with E-state index >= 15 is 0 Å². The third-order valence-electron chi connectivity index (χ3n) is 5.62. The molecule has 1 aromatic heterocycles. The predicted molar refractivity (Wildman–Crippen MR) is 129 cm³/mol. The van der Waals surface area contributed by atoms with E-state index in [-0.39, 0.29) is 24.6 Å². The minimum Gasteiger partial charge on any atom is -0.484 e. The lowest BCUT2D eigenvalue weighted by atomic mass is 9.91. The average molecular weight is 454 g/mol. The summed E-state index contributed by atoms with van der Waals surface area (Å²) in [4.78, 5) is 23.7. The molecule has 0 bridgehead atoms. The number of aromatic nitrogens is 2. The molecule has 1 fully saturated rings. The molecule has 7 nitrogen and oxygen atoms in total. The van der Waals surface area contributed by atoms with Gasteiger partial charge in [-0.05, 0) is 62.1 Å². The number of para-hydroxylation sites is 1. The van der Waals surface area contributed by atoms with E-state index in [0.717, 1.165) is 42.4 Å². The quantitative estimate of drug-likeness (QED) is 0.556. The Hall–Kier alpha value is -3.06. The van der Waals surface area contributed by atoms with Gasteiger partial charge in [-0.2, -0.15) is 4.98 Å². The monoisotopic (exact) mass is 453 g/mol. The summed E-state index contributed by atoms with van der Waals surface area (Å²) in [7, 11) is 3.98. The molecule has 1 aliphatic carbocycles. The van der Waals surface area contributed by atoms with Crippen molar-refractivity contribution in [2.45, 2.75) is 37.8 Å². The molecule has 2 N–H and O–H groups in total. The molecule has 2 aromatic carbocycles. The molecule has 3 aromatic rings. The van der Waals surface area contributed by atoms with Gasteiger partial charge < -0.3 is 20.3 Å². The van der Waals surface area contributed by atoms with E-state index in [9.17, 15) is 4.79 Å². The van der Waals surface area contributed by atoms with Gasteiger partial charge in [-0.15, -0.1) is 0 Å². The number of rotatable bonds is 7. The van der Waals surface area contributed by atoms with Gasteiger partial charge >= 0.3 is 0 Å². The van der Waals surface area contributed by atoms with Gasteiger partial charge in [0.1, 0.15) is 11.6 Å². The van der Waals surface area contributed by atoms with Crippen molar-refractivity contribution in [3.8, 4) is 5.75 Å². The van der Waals surface area contributed by atoms with Crippen LogP contribution in [-0.4, -0.2) is 48.7 Å². The standard InChI is InChI=1S/C24H28ClN5O2/c1-30(2)23-20-5-3-4-6-21(20)28-24(29-23)27-18-11-9-17(10-12-18)26-22(31)15-32-19-13-7-16(25)8-14-19/h3-8,13-14,17-18H,9-12,15H2,1-2H3,(H,26,31)(H,27,28,29). The molecule has 1 saturated carbocycles. The first-order valence-corrected chi connectivity index (χ1v) is 11.2. The lowest BCUT2D eigenvalue weighted by Gasteiger charge is -2.30. The highest BCUT2D eigenvalue weighted by molar-refractivity contribution is 6.30. The first-order chi connectivity index (χ1) is 15.5. The summed E-state index contributed by atoms with van der Waals surface area (Å²) < 4.78 is 5.53. The number of halogens is 1. The summed E-state index contributed by atoms with van der Waals surface area (Å²) in [6.07, 6.45) is 3.68. The van der Waals surface area contributed by atoms with Crippen LogP contribution in [0.5, 0.6) is 5.75 Å². The molecule has 1 heterocycles. The molecule has 4 rings (SSSR count). The van der Waals surface area contributed by atoms with Crippen molar-refractivity contribution >= 4 is 40.2 Å². The summed E-state index contributed by atoms with van der Waals surface area (Å²) in [5.41, 5.74) is 0.926. The highest BCUT2D eigenvalue weighted by Crippen LogP contribution is 2.26. The highest BCUT2D eigenvalue weighted by Gasteiger charge is 2.23. The Bertz CT molecular complexity index is 1070. The number of carbonyl (C=O) groups excluding carboxylic acids is 1. The van der Waals surface area contributed by atoms with E-state index in [4.69, 9.17) is 26.3 Å². The van der Waals surface area contributed by atoms with Gasteiger partial charge in [0.15, 0.2) is 6.61 Å². The number of carbonyl (C=O) groups is 1. The van der Waals surface area contributed by atoms with E-state index in [1.54, 1.807) is 24.3 Å². The lowest BCUT2D eigenvalue weighted by Crippen LogP contribution is -2.42. The molecule has 0 saturated heterocycles. The Kier molecular flexibility index (Phi) is 6.95. The van der Waals surface area contributed by atoms with Crippen LogP contribution >= 0.6 is 11.6 Å². The number of hydrogen-bond acceptors (Lipinski definition) is 6. The van der Waals surface area contributed by atoms with Crippen molar-refractivity contribution in [3.63, 3.8) is 0 Å². The Labute approximate surface area is 193 Å². The molecule has 168 valence electrons. The molecule has 0 unspecified atom stereocenters. The molecule has 1 amide bonds. The SMILES string of the molecule is CN(C)c1nc(NC2CCC(NC(=O)COc3ccc(Cl)cc3)CC2)nc2ccccc12. The fraction of sp³-hybridized carbons (Fsp3) is 0.375. The maximum Gasteiger partial charge on any atom is 0.258 e. The van der Waals surface area contributed by atoms with Crippen molar-refractivity contribution in [2.75, 3.05) is 30.9 Å². The maximum atomic E-state index is 12.2. The second-order valence-corrected chi connectivity index (χ2v) is 8.72. The van der Waals surface area contributed by atoms with E-state index in [0.29, 0.717) is 16.7 Å². The second kappa shape index (κ2) is 10.0. The van der Waals surface area contributed by atoms with E-state index < -0.39 is 0 Å². The smallest absolute Gasteiger partial charge is 0.258 e. The zero-order valence-electron chi connectivity index (χ0n) is 18.3. The molecule has 32 heavy (non-hydrogen) atoms. The third-order valence-corrected chi connectivity index (χ3v) is 5.87. The Morgan fingerprint density at radius 2 is 1.72 bits per heavy atom. The van der Waals surface area contributed by atoms with Crippen LogP contribution in [0.4, 0.5) is 11.8 Å². The number of benzene rings is 2. The molecule has 0 radical (unpaired) electrons. The van der Waals surface area contributed by atoms with Crippen molar-refractivity contribution in [1.82, 2.24) is 15.3 Å². The van der Waals surface area contributed by atoms with Gasteiger partial charge in [0, 0.05) is 36.6 Å². The van der Waals surface area contributed by atoms with Crippen LogP contribution in [-0.2, 0) is 4.79 Å². The Morgan fingerprint density at radius 3 is 2.44 bits per heavy atom. The fourth-order valence-electron chi connectivity index (χ4n) is 3.98. The van der Waals surface area contributed by atoms with Crippen molar-refractivity contribution in [2.24, 2.45) is 0 Å². The van der Waals surface area contributed by atoms with Gasteiger partial charge in [-0.3, -0.25) is 4.79 Å². The summed E-state index contributed by atoms with van der Waals surface area (Å²) in [5.74, 6) is 2.07. The zero-order chi connectivity index (χ0) is 22.5. The predicted octanol–water partition coefficient (Wildman–Crippen LogP) is 4.27. The van der Waals surface area contributed by atoms with Crippen LogP contribution in [0.3, 0.4) is 0 Å². The summed E-state index contributed by atoms with van der Waals surface area (Å²) >= 11 is 5.86.